The Morgan fingerprint density at radius 2 is 1.73 bits per heavy atom. The van der Waals surface area contributed by atoms with Crippen LogP contribution in [0.5, 0.6) is 0 Å². The molecule has 1 aliphatic rings. The largest absolute Gasteiger partial charge is 0.349 e. The maximum absolute atomic E-state index is 12.8. The molecule has 0 aliphatic carbocycles. The fourth-order valence-corrected chi connectivity index (χ4v) is 3.68. The molecule has 1 fully saturated rings. The highest BCUT2D eigenvalue weighted by atomic mass is 35.5. The number of rotatable bonds is 6. The molecule has 3 rings (SSSR count). The lowest BCUT2D eigenvalue weighted by molar-refractivity contribution is 0.0910. The van der Waals surface area contributed by atoms with E-state index in [-0.39, 0.29) is 24.0 Å². The second-order valence-corrected chi connectivity index (χ2v) is 8.39. The Bertz CT molecular complexity index is 862. The standard InChI is InChI=1S/C23H29ClN4O2/c1-16(2)25-23(30)27-21-6-4-3-5-20(21)22(29)26-19-11-13-28(14-12-19)15-17-7-9-18(24)10-8-17/h3-10,16,19H,11-15H2,1-2H3,(H,26,29)(H2,25,27,30). The zero-order chi connectivity index (χ0) is 21.5. The van der Waals surface area contributed by atoms with Gasteiger partial charge in [0.05, 0.1) is 11.3 Å². The summed E-state index contributed by atoms with van der Waals surface area (Å²) in [6, 6.07) is 14.8. The molecule has 30 heavy (non-hydrogen) atoms. The third kappa shape index (κ3) is 6.47. The fourth-order valence-electron chi connectivity index (χ4n) is 3.56. The second-order valence-electron chi connectivity index (χ2n) is 7.95. The predicted octanol–water partition coefficient (Wildman–Crippen LogP) is 4.26. The van der Waals surface area contributed by atoms with Crippen LogP contribution in [0, 0.1) is 0 Å². The van der Waals surface area contributed by atoms with Gasteiger partial charge in [0.15, 0.2) is 0 Å². The topological polar surface area (TPSA) is 73.5 Å². The number of hydrogen-bond acceptors (Lipinski definition) is 3. The van der Waals surface area contributed by atoms with E-state index in [0.717, 1.165) is 37.5 Å². The number of hydrogen-bond donors (Lipinski definition) is 3. The number of amides is 3. The van der Waals surface area contributed by atoms with Crippen molar-refractivity contribution in [3.8, 4) is 0 Å². The molecule has 3 N–H and O–H groups in total. The molecule has 160 valence electrons. The third-order valence-corrected chi connectivity index (χ3v) is 5.33. The van der Waals surface area contributed by atoms with E-state index < -0.39 is 0 Å². The van der Waals surface area contributed by atoms with E-state index in [1.807, 2.05) is 26.0 Å². The molecule has 0 radical (unpaired) electrons. The number of carbonyl (C=O) groups is 2. The molecule has 1 aliphatic heterocycles. The molecule has 6 nitrogen and oxygen atoms in total. The second kappa shape index (κ2) is 10.5. The molecule has 1 saturated heterocycles. The highest BCUT2D eigenvalue weighted by molar-refractivity contribution is 6.30. The summed E-state index contributed by atoms with van der Waals surface area (Å²) in [7, 11) is 0. The Labute approximate surface area is 183 Å². The molecular weight excluding hydrogens is 400 g/mol. The first-order valence-corrected chi connectivity index (χ1v) is 10.7. The Morgan fingerprint density at radius 3 is 2.40 bits per heavy atom. The van der Waals surface area contributed by atoms with Crippen molar-refractivity contribution in [2.75, 3.05) is 18.4 Å². The molecule has 7 heteroatoms. The average Bonchev–Trinajstić information content (AvgIpc) is 2.71. The number of nitrogens with zero attached hydrogens (tertiary/aromatic N) is 1. The third-order valence-electron chi connectivity index (χ3n) is 5.08. The van der Waals surface area contributed by atoms with Crippen molar-refractivity contribution in [1.82, 2.24) is 15.5 Å². The van der Waals surface area contributed by atoms with E-state index in [2.05, 4.69) is 33.0 Å². The summed E-state index contributed by atoms with van der Waals surface area (Å²) in [4.78, 5) is 27.2. The maximum atomic E-state index is 12.8. The molecule has 0 saturated carbocycles. The molecule has 0 aromatic heterocycles. The van der Waals surface area contributed by atoms with Crippen LogP contribution in [0.1, 0.15) is 42.6 Å². The van der Waals surface area contributed by atoms with Crippen LogP contribution in [0.2, 0.25) is 5.02 Å². The van der Waals surface area contributed by atoms with Gasteiger partial charge in [-0.05, 0) is 56.5 Å². The van der Waals surface area contributed by atoms with E-state index >= 15 is 0 Å². The highest BCUT2D eigenvalue weighted by Gasteiger charge is 2.22. The predicted molar refractivity (Wildman–Crippen MR) is 121 cm³/mol. The number of urea groups is 1. The van der Waals surface area contributed by atoms with Gasteiger partial charge in [-0.3, -0.25) is 9.69 Å². The average molecular weight is 429 g/mol. The normalized spacial score (nSPS) is 15.1. The van der Waals surface area contributed by atoms with E-state index in [4.69, 9.17) is 11.6 Å². The number of nitrogens with one attached hydrogen (secondary N) is 3. The first kappa shape index (κ1) is 22.1. The first-order chi connectivity index (χ1) is 14.4. The SMILES string of the molecule is CC(C)NC(=O)Nc1ccccc1C(=O)NC1CCN(Cc2ccc(Cl)cc2)CC1. The maximum Gasteiger partial charge on any atom is 0.319 e. The van der Waals surface area contributed by atoms with Gasteiger partial charge in [0.2, 0.25) is 0 Å². The summed E-state index contributed by atoms with van der Waals surface area (Å²) in [6.07, 6.45) is 1.78. The van der Waals surface area contributed by atoms with Gasteiger partial charge in [-0.2, -0.15) is 0 Å². The summed E-state index contributed by atoms with van der Waals surface area (Å²) in [5.41, 5.74) is 2.22. The van der Waals surface area contributed by atoms with Crippen molar-refractivity contribution in [2.24, 2.45) is 0 Å². The quantitative estimate of drug-likeness (QED) is 0.643. The lowest BCUT2D eigenvalue weighted by Crippen LogP contribution is -2.44. The van der Waals surface area contributed by atoms with E-state index in [9.17, 15) is 9.59 Å². The van der Waals surface area contributed by atoms with Crippen LogP contribution in [-0.4, -0.2) is 42.0 Å². The summed E-state index contributed by atoms with van der Waals surface area (Å²) in [5, 5.41) is 9.42. The minimum absolute atomic E-state index is 0.0176. The molecule has 1 heterocycles. The number of benzene rings is 2. The van der Waals surface area contributed by atoms with Crippen LogP contribution in [0.3, 0.4) is 0 Å². The molecular formula is C23H29ClN4O2. The van der Waals surface area contributed by atoms with Crippen molar-refractivity contribution >= 4 is 29.2 Å². The molecule has 2 aromatic rings. The minimum atomic E-state index is -0.319. The van der Waals surface area contributed by atoms with Gasteiger partial charge in [-0.1, -0.05) is 35.9 Å². The molecule has 2 aromatic carbocycles. The molecule has 0 bridgehead atoms. The number of halogens is 1. The van der Waals surface area contributed by atoms with Crippen LogP contribution in [0.4, 0.5) is 10.5 Å². The van der Waals surface area contributed by atoms with Gasteiger partial charge >= 0.3 is 6.03 Å². The van der Waals surface area contributed by atoms with Crippen molar-refractivity contribution in [2.45, 2.75) is 45.3 Å². The summed E-state index contributed by atoms with van der Waals surface area (Å²) < 4.78 is 0. The summed E-state index contributed by atoms with van der Waals surface area (Å²) in [6.45, 7) is 6.50. The number of para-hydroxylation sites is 1. The molecule has 0 spiro atoms. The van der Waals surface area contributed by atoms with Crippen molar-refractivity contribution in [3.05, 3.63) is 64.7 Å². The lowest BCUT2D eigenvalue weighted by Gasteiger charge is -2.32. The number of likely N-dealkylation sites (tertiary alicyclic amines) is 1. The first-order valence-electron chi connectivity index (χ1n) is 10.3. The molecule has 3 amide bonds. The van der Waals surface area contributed by atoms with E-state index in [0.29, 0.717) is 11.3 Å². The van der Waals surface area contributed by atoms with Crippen LogP contribution in [0.25, 0.3) is 0 Å². The van der Waals surface area contributed by atoms with Gasteiger partial charge in [0.1, 0.15) is 0 Å². The Kier molecular flexibility index (Phi) is 7.71. The summed E-state index contributed by atoms with van der Waals surface area (Å²) >= 11 is 5.95. The van der Waals surface area contributed by atoms with Gasteiger partial charge in [0.25, 0.3) is 5.91 Å². The Morgan fingerprint density at radius 1 is 1.07 bits per heavy atom. The van der Waals surface area contributed by atoms with Gasteiger partial charge in [-0.25, -0.2) is 4.79 Å². The van der Waals surface area contributed by atoms with Gasteiger partial charge < -0.3 is 16.0 Å². The zero-order valence-corrected chi connectivity index (χ0v) is 18.2. The van der Waals surface area contributed by atoms with E-state index in [1.54, 1.807) is 24.3 Å². The van der Waals surface area contributed by atoms with Gasteiger partial charge in [-0.15, -0.1) is 0 Å². The van der Waals surface area contributed by atoms with Gasteiger partial charge in [0, 0.05) is 36.7 Å². The number of carbonyl (C=O) groups excluding carboxylic acids is 2. The summed E-state index contributed by atoms with van der Waals surface area (Å²) in [5.74, 6) is -0.161. The Balaban J connectivity index is 1.52. The molecule has 0 atom stereocenters. The monoisotopic (exact) mass is 428 g/mol. The Hall–Kier alpha value is -2.57. The van der Waals surface area contributed by atoms with E-state index in [1.165, 1.54) is 5.56 Å². The number of anilines is 1. The smallest absolute Gasteiger partial charge is 0.319 e. The zero-order valence-electron chi connectivity index (χ0n) is 17.5. The molecule has 0 unspecified atom stereocenters. The van der Waals surface area contributed by atoms with Crippen LogP contribution in [-0.2, 0) is 6.54 Å². The van der Waals surface area contributed by atoms with Crippen LogP contribution < -0.4 is 16.0 Å². The van der Waals surface area contributed by atoms with Crippen molar-refractivity contribution in [1.29, 1.82) is 0 Å². The lowest BCUT2D eigenvalue weighted by atomic mass is 10.0. The van der Waals surface area contributed by atoms with Crippen molar-refractivity contribution in [3.63, 3.8) is 0 Å². The number of piperidine rings is 1. The fraction of sp³-hybridized carbons (Fsp3) is 0.391. The van der Waals surface area contributed by atoms with Crippen LogP contribution >= 0.6 is 11.6 Å². The highest BCUT2D eigenvalue weighted by Crippen LogP contribution is 2.18. The van der Waals surface area contributed by atoms with Crippen molar-refractivity contribution < 1.29 is 9.59 Å². The van der Waals surface area contributed by atoms with Crippen LogP contribution in [0.15, 0.2) is 48.5 Å². The minimum Gasteiger partial charge on any atom is -0.349 e.